The molecule has 0 unspecified atom stereocenters. The lowest BCUT2D eigenvalue weighted by Crippen LogP contribution is -2.18. The lowest BCUT2D eigenvalue weighted by Gasteiger charge is -2.21. The van der Waals surface area contributed by atoms with Crippen LogP contribution in [0.15, 0.2) is 48.5 Å². The van der Waals surface area contributed by atoms with Crippen LogP contribution in [0.25, 0.3) is 0 Å². The number of benzene rings is 2. The van der Waals surface area contributed by atoms with Gasteiger partial charge in [-0.2, -0.15) is 0 Å². The number of fused-ring (bicyclic) bond motifs is 2. The molecule has 0 saturated carbocycles. The molecule has 1 aliphatic carbocycles. The number of hydrogen-bond acceptors (Lipinski definition) is 2. The number of Topliss-reactive ketones (excluding diaryl/α,β-unsaturated/α-hetero) is 2. The van der Waals surface area contributed by atoms with E-state index in [1.165, 1.54) is 0 Å². The van der Waals surface area contributed by atoms with Gasteiger partial charge in [0.1, 0.15) is 0 Å². The average molecular weight is 250 g/mol. The fourth-order valence-corrected chi connectivity index (χ4v) is 2.76. The molecular formula is C17H14O2. The first-order chi connectivity index (χ1) is 9.18. The Morgan fingerprint density at radius 1 is 0.789 bits per heavy atom. The predicted molar refractivity (Wildman–Crippen MR) is 73.7 cm³/mol. The van der Waals surface area contributed by atoms with Crippen molar-refractivity contribution in [3.05, 3.63) is 70.8 Å². The summed E-state index contributed by atoms with van der Waals surface area (Å²) in [6.07, 6.45) is -0.0409. The van der Waals surface area contributed by atoms with Crippen molar-refractivity contribution in [2.24, 2.45) is 0 Å². The maximum Gasteiger partial charge on any atom is 0.170 e. The highest BCUT2D eigenvalue weighted by Gasteiger charge is 2.26. The second kappa shape index (κ2) is 4.47. The molecule has 0 aromatic heterocycles. The lowest BCUT2D eigenvalue weighted by molar-refractivity contribution is 0.0891. The smallest absolute Gasteiger partial charge is 0.170 e. The summed E-state index contributed by atoms with van der Waals surface area (Å²) in [7, 11) is 0. The van der Waals surface area contributed by atoms with Crippen molar-refractivity contribution in [2.75, 3.05) is 0 Å². The molecule has 3 rings (SSSR count). The summed E-state index contributed by atoms with van der Waals surface area (Å²) in [6, 6.07) is 15.2. The SMILES string of the molecule is CC1c2ccccc2C(=O)CC(=O)c2ccccc21. The van der Waals surface area contributed by atoms with E-state index in [9.17, 15) is 9.59 Å². The Hall–Kier alpha value is -2.22. The second-order valence-electron chi connectivity index (χ2n) is 4.92. The normalized spacial score (nSPS) is 15.4. The first-order valence-electron chi connectivity index (χ1n) is 6.42. The molecule has 1 aliphatic rings. The third kappa shape index (κ3) is 1.89. The molecule has 0 aliphatic heterocycles. The molecule has 0 bridgehead atoms. The van der Waals surface area contributed by atoms with Gasteiger partial charge in [-0.1, -0.05) is 55.5 Å². The van der Waals surface area contributed by atoms with Crippen LogP contribution in [0.2, 0.25) is 0 Å². The number of carbonyl (C=O) groups is 2. The highest BCUT2D eigenvalue weighted by molar-refractivity contribution is 6.15. The number of hydrogen-bond donors (Lipinski definition) is 0. The van der Waals surface area contributed by atoms with Gasteiger partial charge in [0.05, 0.1) is 6.42 Å². The molecule has 2 nitrogen and oxygen atoms in total. The Morgan fingerprint density at radius 2 is 1.21 bits per heavy atom. The maximum atomic E-state index is 12.2. The maximum absolute atomic E-state index is 12.2. The summed E-state index contributed by atoms with van der Waals surface area (Å²) in [4.78, 5) is 24.4. The van der Waals surface area contributed by atoms with Crippen LogP contribution in [0.1, 0.15) is 51.1 Å². The van der Waals surface area contributed by atoms with Crippen LogP contribution in [0.3, 0.4) is 0 Å². The molecule has 19 heavy (non-hydrogen) atoms. The molecular weight excluding hydrogens is 236 g/mol. The molecule has 0 spiro atoms. The summed E-state index contributed by atoms with van der Waals surface area (Å²) >= 11 is 0. The largest absolute Gasteiger partial charge is 0.294 e. The third-order valence-corrected chi connectivity index (χ3v) is 3.78. The second-order valence-corrected chi connectivity index (χ2v) is 4.92. The molecule has 2 heteroatoms. The summed E-state index contributed by atoms with van der Waals surface area (Å²) < 4.78 is 0. The van der Waals surface area contributed by atoms with E-state index < -0.39 is 0 Å². The van der Waals surface area contributed by atoms with Gasteiger partial charge in [-0.25, -0.2) is 0 Å². The summed E-state index contributed by atoms with van der Waals surface area (Å²) in [5.74, 6) is -0.107. The zero-order valence-corrected chi connectivity index (χ0v) is 10.7. The van der Waals surface area contributed by atoms with Crippen LogP contribution in [0.4, 0.5) is 0 Å². The fraction of sp³-hybridized carbons (Fsp3) is 0.176. The first kappa shape index (κ1) is 11.8. The van der Waals surface area contributed by atoms with Gasteiger partial charge in [-0.15, -0.1) is 0 Å². The van der Waals surface area contributed by atoms with Crippen molar-refractivity contribution >= 4 is 11.6 Å². The van der Waals surface area contributed by atoms with Crippen molar-refractivity contribution in [1.29, 1.82) is 0 Å². The van der Waals surface area contributed by atoms with E-state index in [1.807, 2.05) is 55.5 Å². The van der Waals surface area contributed by atoms with E-state index in [-0.39, 0.29) is 23.9 Å². The van der Waals surface area contributed by atoms with Gasteiger partial charge in [0, 0.05) is 17.0 Å². The molecule has 0 fully saturated rings. The summed E-state index contributed by atoms with van der Waals surface area (Å²) in [6.45, 7) is 2.05. The summed E-state index contributed by atoms with van der Waals surface area (Å²) in [5, 5.41) is 0. The Morgan fingerprint density at radius 3 is 1.68 bits per heavy atom. The van der Waals surface area contributed by atoms with Gasteiger partial charge in [0.15, 0.2) is 11.6 Å². The molecule has 94 valence electrons. The van der Waals surface area contributed by atoms with Crippen molar-refractivity contribution in [3.63, 3.8) is 0 Å². The minimum Gasteiger partial charge on any atom is -0.294 e. The van der Waals surface area contributed by atoms with Gasteiger partial charge in [0.2, 0.25) is 0 Å². The van der Waals surface area contributed by atoms with Crippen LogP contribution >= 0.6 is 0 Å². The van der Waals surface area contributed by atoms with Crippen LogP contribution in [-0.4, -0.2) is 11.6 Å². The fourth-order valence-electron chi connectivity index (χ4n) is 2.76. The quantitative estimate of drug-likeness (QED) is 0.669. The van der Waals surface area contributed by atoms with Gasteiger partial charge < -0.3 is 0 Å². The van der Waals surface area contributed by atoms with Gasteiger partial charge in [-0.05, 0) is 11.1 Å². The van der Waals surface area contributed by atoms with Gasteiger partial charge in [-0.3, -0.25) is 9.59 Å². The van der Waals surface area contributed by atoms with Crippen LogP contribution < -0.4 is 0 Å². The van der Waals surface area contributed by atoms with Crippen LogP contribution in [-0.2, 0) is 0 Å². The standard InChI is InChI=1S/C17H14O2/c1-11-12-6-2-4-8-14(12)16(18)10-17(19)15-9-5-3-7-13(11)15/h2-9,11H,10H2,1H3. The van der Waals surface area contributed by atoms with E-state index in [1.54, 1.807) is 0 Å². The molecule has 0 saturated heterocycles. The van der Waals surface area contributed by atoms with Crippen LogP contribution in [0.5, 0.6) is 0 Å². The monoisotopic (exact) mass is 250 g/mol. The van der Waals surface area contributed by atoms with E-state index >= 15 is 0 Å². The average Bonchev–Trinajstić information content (AvgIpc) is 2.45. The lowest BCUT2D eigenvalue weighted by atomic mass is 9.81. The number of carbonyl (C=O) groups excluding carboxylic acids is 2. The highest BCUT2D eigenvalue weighted by Crippen LogP contribution is 2.32. The highest BCUT2D eigenvalue weighted by atomic mass is 16.1. The Balaban J connectivity index is 2.27. The molecule has 0 amide bonds. The first-order valence-corrected chi connectivity index (χ1v) is 6.42. The molecule has 2 aromatic rings. The van der Waals surface area contributed by atoms with Gasteiger partial charge in [0.25, 0.3) is 0 Å². The third-order valence-electron chi connectivity index (χ3n) is 3.78. The zero-order chi connectivity index (χ0) is 13.4. The van der Waals surface area contributed by atoms with Crippen LogP contribution in [0, 0.1) is 0 Å². The molecule has 0 N–H and O–H groups in total. The number of rotatable bonds is 0. The van der Waals surface area contributed by atoms with Gasteiger partial charge >= 0.3 is 0 Å². The summed E-state index contributed by atoms with van der Waals surface area (Å²) in [5.41, 5.74) is 3.37. The molecule has 0 atom stereocenters. The van der Waals surface area contributed by atoms with Crippen molar-refractivity contribution < 1.29 is 9.59 Å². The molecule has 2 aromatic carbocycles. The molecule has 0 heterocycles. The Labute approximate surface area is 112 Å². The topological polar surface area (TPSA) is 34.1 Å². The minimum absolute atomic E-state index is 0.0409. The minimum atomic E-state index is -0.0815. The van der Waals surface area contributed by atoms with Crippen molar-refractivity contribution in [3.8, 4) is 0 Å². The van der Waals surface area contributed by atoms with E-state index in [0.717, 1.165) is 11.1 Å². The Bertz CT molecular complexity index is 613. The van der Waals surface area contributed by atoms with E-state index in [0.29, 0.717) is 11.1 Å². The zero-order valence-electron chi connectivity index (χ0n) is 10.7. The molecule has 0 radical (unpaired) electrons. The number of ketones is 2. The van der Waals surface area contributed by atoms with E-state index in [4.69, 9.17) is 0 Å². The van der Waals surface area contributed by atoms with E-state index in [2.05, 4.69) is 0 Å². The Kier molecular flexibility index (Phi) is 2.79. The van der Waals surface area contributed by atoms with Crippen molar-refractivity contribution in [2.45, 2.75) is 19.3 Å². The predicted octanol–water partition coefficient (Wildman–Crippen LogP) is 3.61. The van der Waals surface area contributed by atoms with Crippen molar-refractivity contribution in [1.82, 2.24) is 0 Å².